The Morgan fingerprint density at radius 3 is 1.90 bits per heavy atom. The van der Waals surface area contributed by atoms with Gasteiger partial charge in [-0.15, -0.1) is 11.6 Å². The van der Waals surface area contributed by atoms with Gasteiger partial charge >= 0.3 is 0 Å². The van der Waals surface area contributed by atoms with Gasteiger partial charge in [0.25, 0.3) is 0 Å². The van der Waals surface area contributed by atoms with Crippen molar-refractivity contribution in [3.05, 3.63) is 0 Å². The zero-order valence-corrected chi connectivity index (χ0v) is 7.29. The van der Waals surface area contributed by atoms with E-state index in [4.69, 9.17) is 23.2 Å². The maximum absolute atomic E-state index is 10.8. The Morgan fingerprint density at radius 2 is 1.80 bits per heavy atom. The molecule has 0 aliphatic heterocycles. The van der Waals surface area contributed by atoms with Crippen molar-refractivity contribution in [1.29, 1.82) is 0 Å². The molecule has 0 aromatic carbocycles. The fraction of sp³-hybridized carbons (Fsp3) is 0.667. The highest BCUT2D eigenvalue weighted by molar-refractivity contribution is 6.66. The van der Waals surface area contributed by atoms with Crippen LogP contribution in [-0.4, -0.2) is 16.9 Å². The van der Waals surface area contributed by atoms with Crippen LogP contribution in [0.3, 0.4) is 0 Å². The third kappa shape index (κ3) is 1.96. The van der Waals surface area contributed by atoms with Crippen LogP contribution in [0.2, 0.25) is 0 Å². The molecular weight excluding hydrogens is 175 g/mol. The number of hydrogen-bond acceptors (Lipinski definition) is 2. The fourth-order valence-corrected chi connectivity index (χ4v) is 0.716. The van der Waals surface area contributed by atoms with Crippen LogP contribution >= 0.6 is 23.2 Å². The molecular formula is C6H8Cl2O2. The smallest absolute Gasteiger partial charge is 0.234 e. The third-order valence-corrected chi connectivity index (χ3v) is 2.03. The van der Waals surface area contributed by atoms with Gasteiger partial charge in [0.2, 0.25) is 5.24 Å². The van der Waals surface area contributed by atoms with E-state index in [9.17, 15) is 9.59 Å². The minimum atomic E-state index is -1.14. The van der Waals surface area contributed by atoms with Gasteiger partial charge in [-0.3, -0.25) is 9.59 Å². The second-order valence-electron chi connectivity index (χ2n) is 2.46. The van der Waals surface area contributed by atoms with Crippen LogP contribution in [-0.2, 0) is 9.59 Å². The summed E-state index contributed by atoms with van der Waals surface area (Å²) in [4.78, 5) is 21.4. The van der Waals surface area contributed by atoms with Crippen LogP contribution in [0, 0.1) is 5.41 Å². The normalized spacial score (nSPS) is 11.2. The van der Waals surface area contributed by atoms with Gasteiger partial charge in [-0.1, -0.05) is 0 Å². The number of rotatable bonds is 3. The number of hydrogen-bond donors (Lipinski definition) is 0. The van der Waals surface area contributed by atoms with Crippen molar-refractivity contribution >= 4 is 34.2 Å². The van der Waals surface area contributed by atoms with Crippen molar-refractivity contribution in [2.75, 3.05) is 5.88 Å². The van der Waals surface area contributed by atoms with Crippen molar-refractivity contribution < 1.29 is 9.59 Å². The van der Waals surface area contributed by atoms with Crippen LogP contribution in [0.1, 0.15) is 13.8 Å². The minimum Gasteiger partial charge on any atom is -0.297 e. The summed E-state index contributed by atoms with van der Waals surface area (Å²) in [6, 6.07) is 0. The monoisotopic (exact) mass is 182 g/mol. The summed E-state index contributed by atoms with van der Waals surface area (Å²) in [5, 5.41) is -0.668. The molecule has 0 aliphatic carbocycles. The molecule has 0 fully saturated rings. The van der Waals surface area contributed by atoms with Crippen LogP contribution in [0.25, 0.3) is 0 Å². The van der Waals surface area contributed by atoms with E-state index in [1.807, 2.05) is 0 Å². The van der Waals surface area contributed by atoms with E-state index >= 15 is 0 Å². The van der Waals surface area contributed by atoms with E-state index in [0.717, 1.165) is 0 Å². The molecule has 0 saturated carbocycles. The Labute approximate surface area is 69.5 Å². The molecule has 0 aliphatic rings. The van der Waals surface area contributed by atoms with E-state index in [2.05, 4.69) is 0 Å². The van der Waals surface area contributed by atoms with Crippen molar-refractivity contribution in [3.8, 4) is 0 Å². The lowest BCUT2D eigenvalue weighted by molar-refractivity contribution is -0.132. The SMILES string of the molecule is CC(C)(C(=O)Cl)C(=O)CCl. The van der Waals surface area contributed by atoms with Crippen molar-refractivity contribution in [2.45, 2.75) is 13.8 Å². The second-order valence-corrected chi connectivity index (χ2v) is 3.07. The number of halogens is 2. The largest absolute Gasteiger partial charge is 0.297 e. The molecule has 0 aromatic rings. The summed E-state index contributed by atoms with van der Waals surface area (Å²) in [5.41, 5.74) is -1.14. The van der Waals surface area contributed by atoms with Crippen LogP contribution in [0.15, 0.2) is 0 Å². The maximum atomic E-state index is 10.8. The Bertz CT molecular complexity index is 163. The summed E-state index contributed by atoms with van der Waals surface area (Å²) in [6.07, 6.45) is 0. The molecule has 0 bridgehead atoms. The molecule has 0 N–H and O–H groups in total. The van der Waals surface area contributed by atoms with Crippen LogP contribution in [0.5, 0.6) is 0 Å². The van der Waals surface area contributed by atoms with Gasteiger partial charge in [0, 0.05) is 0 Å². The van der Waals surface area contributed by atoms with Crippen LogP contribution < -0.4 is 0 Å². The predicted octanol–water partition coefficient (Wildman–Crippen LogP) is 1.59. The average molecular weight is 183 g/mol. The van der Waals surface area contributed by atoms with Gasteiger partial charge in [0.1, 0.15) is 0 Å². The first-order chi connectivity index (χ1) is 4.42. The van der Waals surface area contributed by atoms with E-state index in [1.165, 1.54) is 13.8 Å². The first-order valence-corrected chi connectivity index (χ1v) is 3.63. The summed E-state index contributed by atoms with van der Waals surface area (Å²) >= 11 is 10.3. The molecule has 0 unspecified atom stereocenters. The lowest BCUT2D eigenvalue weighted by Crippen LogP contribution is -2.31. The van der Waals surface area contributed by atoms with Gasteiger partial charge in [0.15, 0.2) is 5.78 Å². The van der Waals surface area contributed by atoms with E-state index < -0.39 is 10.7 Å². The summed E-state index contributed by atoms with van der Waals surface area (Å²) in [7, 11) is 0. The quantitative estimate of drug-likeness (QED) is 0.378. The molecule has 0 aromatic heterocycles. The molecule has 0 amide bonds. The molecule has 10 heavy (non-hydrogen) atoms. The first kappa shape index (κ1) is 9.92. The molecule has 0 radical (unpaired) electrons. The Morgan fingerprint density at radius 1 is 1.40 bits per heavy atom. The second kappa shape index (κ2) is 3.35. The highest BCUT2D eigenvalue weighted by Gasteiger charge is 2.33. The number of alkyl halides is 1. The van der Waals surface area contributed by atoms with Crippen molar-refractivity contribution in [3.63, 3.8) is 0 Å². The van der Waals surface area contributed by atoms with Gasteiger partial charge in [-0.2, -0.15) is 0 Å². The minimum absolute atomic E-state index is 0.175. The van der Waals surface area contributed by atoms with Gasteiger partial charge in [-0.25, -0.2) is 0 Å². The van der Waals surface area contributed by atoms with Crippen molar-refractivity contribution in [1.82, 2.24) is 0 Å². The number of carbonyl (C=O) groups is 2. The summed E-state index contributed by atoms with van der Waals surface area (Å²) in [5.74, 6) is -0.528. The van der Waals surface area contributed by atoms with E-state index in [-0.39, 0.29) is 11.7 Å². The average Bonchev–Trinajstić information content (AvgIpc) is 1.86. The topological polar surface area (TPSA) is 34.1 Å². The summed E-state index contributed by atoms with van der Waals surface area (Å²) < 4.78 is 0. The van der Waals surface area contributed by atoms with Gasteiger partial charge in [-0.05, 0) is 25.4 Å². The Hall–Kier alpha value is -0.0800. The molecule has 0 heterocycles. The number of ketones is 1. The molecule has 4 heteroatoms. The van der Waals surface area contributed by atoms with Crippen molar-refractivity contribution in [2.24, 2.45) is 5.41 Å². The fourth-order valence-electron chi connectivity index (χ4n) is 0.277. The molecule has 0 atom stereocenters. The standard InChI is InChI=1S/C6H8Cl2O2/c1-6(2,5(8)10)4(9)3-7/h3H2,1-2H3. The molecule has 0 rings (SSSR count). The van der Waals surface area contributed by atoms with Gasteiger partial charge in [0.05, 0.1) is 11.3 Å². The Kier molecular flexibility index (Phi) is 3.33. The summed E-state index contributed by atoms with van der Waals surface area (Å²) in [6.45, 7) is 2.90. The maximum Gasteiger partial charge on any atom is 0.234 e. The zero-order valence-electron chi connectivity index (χ0n) is 5.78. The highest BCUT2D eigenvalue weighted by atomic mass is 35.5. The first-order valence-electron chi connectivity index (χ1n) is 2.72. The number of carbonyl (C=O) groups excluding carboxylic acids is 2. The molecule has 58 valence electrons. The highest BCUT2D eigenvalue weighted by Crippen LogP contribution is 2.20. The van der Waals surface area contributed by atoms with Gasteiger partial charge < -0.3 is 0 Å². The van der Waals surface area contributed by atoms with E-state index in [0.29, 0.717) is 0 Å². The molecule has 2 nitrogen and oxygen atoms in total. The Balaban J connectivity index is 4.40. The third-order valence-electron chi connectivity index (χ3n) is 1.31. The van der Waals surface area contributed by atoms with Crippen LogP contribution in [0.4, 0.5) is 0 Å². The predicted molar refractivity (Wildman–Crippen MR) is 40.4 cm³/mol. The van der Waals surface area contributed by atoms with E-state index in [1.54, 1.807) is 0 Å². The zero-order chi connectivity index (χ0) is 8.36. The lowest BCUT2D eigenvalue weighted by Gasteiger charge is -2.15. The molecule has 0 saturated heterocycles. The number of Topliss-reactive ketones (excluding diaryl/α,β-unsaturated/α-hetero) is 1. The lowest BCUT2D eigenvalue weighted by atomic mass is 9.91. The molecule has 0 spiro atoms.